The zero-order valence-electron chi connectivity index (χ0n) is 7.34. The van der Waals surface area contributed by atoms with Gasteiger partial charge in [0.1, 0.15) is 0 Å². The molecule has 1 aromatic carbocycles. The van der Waals surface area contributed by atoms with E-state index in [2.05, 4.69) is 46.7 Å². The van der Waals surface area contributed by atoms with Crippen molar-refractivity contribution in [2.75, 3.05) is 7.05 Å². The normalized spacial score (nSPS) is 29.4. The average Bonchev–Trinajstić information content (AvgIpc) is 2.48. The van der Waals surface area contributed by atoms with Crippen LogP contribution in [0.2, 0.25) is 0 Å². The number of thiol groups is 1. The summed E-state index contributed by atoms with van der Waals surface area (Å²) in [7, 11) is 2.04. The van der Waals surface area contributed by atoms with E-state index >= 15 is 0 Å². The van der Waals surface area contributed by atoms with Crippen LogP contribution in [-0.4, -0.2) is 16.6 Å². The van der Waals surface area contributed by atoms with E-state index in [1.54, 1.807) is 11.9 Å². The van der Waals surface area contributed by atoms with Crippen LogP contribution in [0.4, 0.5) is 0 Å². The molecule has 2 rings (SSSR count). The second-order valence-electron chi connectivity index (χ2n) is 3.07. The van der Waals surface area contributed by atoms with Crippen molar-refractivity contribution >= 4 is 24.6 Å². The summed E-state index contributed by atoms with van der Waals surface area (Å²) in [4.78, 5) is 3.19. The fourth-order valence-corrected chi connectivity index (χ4v) is 2.86. The first-order valence-electron chi connectivity index (χ1n) is 4.16. The highest BCUT2D eigenvalue weighted by molar-refractivity contribution is 8.09. The third-order valence-corrected chi connectivity index (χ3v) is 3.64. The van der Waals surface area contributed by atoms with Gasteiger partial charge in [-0.3, -0.25) is 0 Å². The number of hydrogen-bond donors (Lipinski definition) is 2. The van der Waals surface area contributed by atoms with Crippen molar-refractivity contribution in [1.82, 2.24) is 9.84 Å². The lowest BCUT2D eigenvalue weighted by Crippen LogP contribution is -2.27. The molecule has 1 heterocycles. The molecule has 1 fully saturated rings. The largest absolute Gasteiger partial charge is 0.228 e. The molecule has 0 spiro atoms. The Balaban J connectivity index is 2.25. The Hall–Kier alpha value is -0.160. The van der Waals surface area contributed by atoms with Gasteiger partial charge in [0.15, 0.2) is 0 Å². The summed E-state index contributed by atoms with van der Waals surface area (Å²) < 4.78 is 0.299. The Kier molecular flexibility index (Phi) is 2.83. The highest BCUT2D eigenvalue weighted by Crippen LogP contribution is 2.37. The van der Waals surface area contributed by atoms with E-state index in [1.807, 2.05) is 13.1 Å². The lowest BCUT2D eigenvalue weighted by molar-refractivity contribution is 0.258. The van der Waals surface area contributed by atoms with E-state index in [1.165, 1.54) is 5.56 Å². The average molecular weight is 212 g/mol. The number of hydrogen-bond acceptors (Lipinski definition) is 4. The standard InChI is InChI=1S/C9H12N2S2/c1-11-8(9(12)13-10-11)7-5-3-2-4-6-7/h2-6,8-10,12H,1H3. The minimum absolute atomic E-state index is 0.299. The lowest BCUT2D eigenvalue weighted by Gasteiger charge is -2.20. The van der Waals surface area contributed by atoms with Crippen LogP contribution >= 0.6 is 24.6 Å². The van der Waals surface area contributed by atoms with Gasteiger partial charge in [-0.15, -0.1) is 0 Å². The van der Waals surface area contributed by atoms with Gasteiger partial charge in [0.25, 0.3) is 0 Å². The number of benzene rings is 1. The van der Waals surface area contributed by atoms with Crippen LogP contribution in [-0.2, 0) is 0 Å². The zero-order valence-corrected chi connectivity index (χ0v) is 9.06. The predicted molar refractivity (Wildman–Crippen MR) is 60.4 cm³/mol. The molecular weight excluding hydrogens is 200 g/mol. The highest BCUT2D eigenvalue weighted by Gasteiger charge is 2.31. The van der Waals surface area contributed by atoms with Gasteiger partial charge in [-0.2, -0.15) is 17.5 Å². The number of nitrogens with zero attached hydrogens (tertiary/aromatic N) is 1. The fraction of sp³-hybridized carbons (Fsp3) is 0.333. The molecule has 1 aliphatic heterocycles. The van der Waals surface area contributed by atoms with Gasteiger partial charge in [0, 0.05) is 7.05 Å². The molecular formula is C9H12N2S2. The number of rotatable bonds is 1. The summed E-state index contributed by atoms with van der Waals surface area (Å²) in [6.45, 7) is 0. The fourth-order valence-electron chi connectivity index (χ4n) is 1.49. The monoisotopic (exact) mass is 212 g/mol. The highest BCUT2D eigenvalue weighted by atomic mass is 32.2. The van der Waals surface area contributed by atoms with Crippen molar-refractivity contribution in [3.8, 4) is 0 Å². The molecule has 4 heteroatoms. The molecule has 0 saturated carbocycles. The second kappa shape index (κ2) is 3.92. The predicted octanol–water partition coefficient (Wildman–Crippen LogP) is 2.08. The first kappa shape index (κ1) is 9.40. The lowest BCUT2D eigenvalue weighted by atomic mass is 10.1. The molecule has 1 saturated heterocycles. The van der Waals surface area contributed by atoms with E-state index in [9.17, 15) is 0 Å². The molecule has 0 bridgehead atoms. The van der Waals surface area contributed by atoms with Crippen LogP contribution in [0.3, 0.4) is 0 Å². The van der Waals surface area contributed by atoms with E-state index < -0.39 is 0 Å². The van der Waals surface area contributed by atoms with Crippen LogP contribution in [0.5, 0.6) is 0 Å². The summed E-state index contributed by atoms with van der Waals surface area (Å²) in [5, 5.41) is 2.09. The van der Waals surface area contributed by atoms with E-state index in [-0.39, 0.29) is 0 Å². The maximum atomic E-state index is 4.52. The van der Waals surface area contributed by atoms with Crippen LogP contribution < -0.4 is 4.83 Å². The Morgan fingerprint density at radius 2 is 2.08 bits per heavy atom. The van der Waals surface area contributed by atoms with Crippen molar-refractivity contribution in [3.05, 3.63) is 35.9 Å². The maximum absolute atomic E-state index is 4.52. The zero-order chi connectivity index (χ0) is 9.26. The summed E-state index contributed by atoms with van der Waals surface area (Å²) in [6, 6.07) is 10.8. The molecule has 0 radical (unpaired) electrons. The first-order valence-corrected chi connectivity index (χ1v) is 5.56. The molecule has 0 amide bonds. The summed E-state index contributed by atoms with van der Waals surface area (Å²) in [6.07, 6.45) is 0. The molecule has 1 aliphatic rings. The molecule has 2 nitrogen and oxygen atoms in total. The molecule has 1 aromatic rings. The smallest absolute Gasteiger partial charge is 0.0840 e. The van der Waals surface area contributed by atoms with Crippen LogP contribution in [0.25, 0.3) is 0 Å². The van der Waals surface area contributed by atoms with Gasteiger partial charge in [-0.25, -0.2) is 5.01 Å². The SMILES string of the molecule is CN1NSC(S)C1c1ccccc1. The quantitative estimate of drug-likeness (QED) is 0.548. The van der Waals surface area contributed by atoms with Crippen molar-refractivity contribution in [2.45, 2.75) is 10.6 Å². The van der Waals surface area contributed by atoms with E-state index in [4.69, 9.17) is 0 Å². The topological polar surface area (TPSA) is 15.3 Å². The number of hydrazine groups is 1. The molecule has 0 aliphatic carbocycles. The molecule has 70 valence electrons. The van der Waals surface area contributed by atoms with Gasteiger partial charge in [-0.05, 0) is 5.56 Å². The summed E-state index contributed by atoms with van der Waals surface area (Å²) in [5.41, 5.74) is 1.31. The maximum Gasteiger partial charge on any atom is 0.0840 e. The van der Waals surface area contributed by atoms with Crippen molar-refractivity contribution in [1.29, 1.82) is 0 Å². The van der Waals surface area contributed by atoms with Crippen molar-refractivity contribution < 1.29 is 0 Å². The van der Waals surface area contributed by atoms with Crippen LogP contribution in [0.1, 0.15) is 11.6 Å². The van der Waals surface area contributed by atoms with Gasteiger partial charge >= 0.3 is 0 Å². The second-order valence-corrected chi connectivity index (χ2v) is 4.90. The van der Waals surface area contributed by atoms with Gasteiger partial charge in [0.05, 0.1) is 10.6 Å². The summed E-state index contributed by atoms with van der Waals surface area (Å²) >= 11 is 6.17. The Bertz CT molecular complexity index is 268. The summed E-state index contributed by atoms with van der Waals surface area (Å²) in [5.74, 6) is 0. The third kappa shape index (κ3) is 1.86. The van der Waals surface area contributed by atoms with Gasteiger partial charge in [-0.1, -0.05) is 42.3 Å². The third-order valence-electron chi connectivity index (χ3n) is 2.15. The molecule has 0 aromatic heterocycles. The molecule has 2 atom stereocenters. The minimum atomic E-state index is 0.299. The van der Waals surface area contributed by atoms with E-state index in [0.717, 1.165) is 0 Å². The minimum Gasteiger partial charge on any atom is -0.228 e. The van der Waals surface area contributed by atoms with Crippen molar-refractivity contribution in [3.63, 3.8) is 0 Å². The Morgan fingerprint density at radius 3 is 2.62 bits per heavy atom. The van der Waals surface area contributed by atoms with E-state index in [0.29, 0.717) is 10.6 Å². The van der Waals surface area contributed by atoms with Crippen LogP contribution in [0, 0.1) is 0 Å². The Labute approximate surface area is 88.2 Å². The van der Waals surface area contributed by atoms with Crippen molar-refractivity contribution in [2.24, 2.45) is 0 Å². The first-order chi connectivity index (χ1) is 6.29. The molecule has 1 N–H and O–H groups in total. The van der Waals surface area contributed by atoms with Gasteiger partial charge < -0.3 is 0 Å². The van der Waals surface area contributed by atoms with Crippen LogP contribution in [0.15, 0.2) is 30.3 Å². The molecule has 2 unspecified atom stereocenters. The molecule has 13 heavy (non-hydrogen) atoms. The van der Waals surface area contributed by atoms with Gasteiger partial charge in [0.2, 0.25) is 0 Å². The number of nitrogens with one attached hydrogen (secondary N) is 1. The Morgan fingerprint density at radius 1 is 1.38 bits per heavy atom.